The van der Waals surface area contributed by atoms with Gasteiger partial charge in [-0.3, -0.25) is 14.4 Å². The molecule has 202 valence electrons. The molecule has 1 spiro atoms. The lowest BCUT2D eigenvalue weighted by atomic mass is 9.65. The monoisotopic (exact) mass is 519 g/mol. The zero-order chi connectivity index (χ0) is 26.8. The van der Waals surface area contributed by atoms with Gasteiger partial charge >= 0.3 is 0 Å². The number of hydrogen-bond acceptors (Lipinski definition) is 5. The van der Waals surface area contributed by atoms with Crippen LogP contribution < -0.4 is 10.6 Å². The Morgan fingerprint density at radius 2 is 1.55 bits per heavy atom. The molecule has 3 aliphatic rings. The minimum absolute atomic E-state index is 0.0153. The standard InChI is InChI=1S/C30H37N3O5/c1-2-29-15-16-30(38-29)24(23(29)26(35)31-19-21-11-5-3-6-12-21)28(37)33(17-9-10-18-34)25(30)27(36)32-20-22-13-7-4-8-14-22/h3-8,11-14,23-25,34H,2,9-10,15-20H2,1H3,(H,31,35)(H,32,36)/t23-,24+,25?,29+,30?/m1/s1. The van der Waals surface area contributed by atoms with Crippen LogP contribution in [0.3, 0.4) is 0 Å². The topological polar surface area (TPSA) is 108 Å². The molecule has 0 aromatic heterocycles. The predicted molar refractivity (Wildman–Crippen MR) is 141 cm³/mol. The summed E-state index contributed by atoms with van der Waals surface area (Å²) in [6.07, 6.45) is 2.87. The van der Waals surface area contributed by atoms with E-state index < -0.39 is 29.1 Å². The van der Waals surface area contributed by atoms with Gasteiger partial charge in [-0.1, -0.05) is 67.6 Å². The first-order valence-electron chi connectivity index (χ1n) is 13.7. The van der Waals surface area contributed by atoms with Gasteiger partial charge in [0.1, 0.15) is 11.6 Å². The van der Waals surface area contributed by atoms with Crippen molar-refractivity contribution >= 4 is 17.7 Å². The quantitative estimate of drug-likeness (QED) is 0.396. The number of carbonyl (C=O) groups excluding carboxylic acids is 3. The highest BCUT2D eigenvalue weighted by molar-refractivity contribution is 5.99. The van der Waals surface area contributed by atoms with Crippen molar-refractivity contribution in [3.8, 4) is 0 Å². The molecule has 2 aromatic rings. The normalized spacial score (nSPS) is 29.4. The zero-order valence-electron chi connectivity index (χ0n) is 21.9. The average Bonchev–Trinajstić information content (AvgIpc) is 3.55. The number of rotatable bonds is 11. The van der Waals surface area contributed by atoms with E-state index in [-0.39, 0.29) is 24.3 Å². The SMILES string of the molecule is CC[C@@]12CCC3(O1)C(C(=O)NCc1ccccc1)N(CCCCO)C(=O)[C@@H]3[C@@H]2C(=O)NCc1ccccc1. The maximum Gasteiger partial charge on any atom is 0.246 e. The summed E-state index contributed by atoms with van der Waals surface area (Å²) in [5.41, 5.74) is 0.135. The van der Waals surface area contributed by atoms with Crippen LogP contribution in [-0.2, 0) is 32.2 Å². The van der Waals surface area contributed by atoms with E-state index in [1.807, 2.05) is 67.6 Å². The van der Waals surface area contributed by atoms with Crippen LogP contribution in [0.5, 0.6) is 0 Å². The molecule has 2 aromatic carbocycles. The molecule has 5 atom stereocenters. The molecule has 3 saturated heterocycles. The molecule has 3 fully saturated rings. The maximum atomic E-state index is 14.0. The lowest BCUT2D eigenvalue weighted by Gasteiger charge is -2.34. The van der Waals surface area contributed by atoms with Crippen LogP contribution in [0.25, 0.3) is 0 Å². The second-order valence-electron chi connectivity index (χ2n) is 10.7. The minimum atomic E-state index is -1.04. The van der Waals surface area contributed by atoms with E-state index in [2.05, 4.69) is 10.6 Å². The first-order valence-corrected chi connectivity index (χ1v) is 13.7. The van der Waals surface area contributed by atoms with Gasteiger partial charge in [0.25, 0.3) is 0 Å². The zero-order valence-corrected chi connectivity index (χ0v) is 21.9. The Balaban J connectivity index is 1.43. The van der Waals surface area contributed by atoms with Crippen LogP contribution in [-0.4, -0.2) is 58.1 Å². The Bertz CT molecular complexity index is 1160. The van der Waals surface area contributed by atoms with Crippen molar-refractivity contribution in [3.63, 3.8) is 0 Å². The summed E-state index contributed by atoms with van der Waals surface area (Å²) in [4.78, 5) is 43.1. The molecule has 3 heterocycles. The van der Waals surface area contributed by atoms with Gasteiger partial charge in [0.05, 0.1) is 17.4 Å². The molecular formula is C30H37N3O5. The van der Waals surface area contributed by atoms with Gasteiger partial charge in [-0.25, -0.2) is 0 Å². The van der Waals surface area contributed by atoms with Gasteiger partial charge in [-0.15, -0.1) is 0 Å². The fourth-order valence-corrected chi connectivity index (χ4v) is 6.83. The molecule has 0 aliphatic carbocycles. The molecule has 38 heavy (non-hydrogen) atoms. The van der Waals surface area contributed by atoms with Crippen LogP contribution in [0.1, 0.15) is 50.2 Å². The number of carbonyl (C=O) groups is 3. The number of unbranched alkanes of at least 4 members (excludes halogenated alkanes) is 1. The largest absolute Gasteiger partial charge is 0.396 e. The highest BCUT2D eigenvalue weighted by atomic mass is 16.5. The van der Waals surface area contributed by atoms with Crippen LogP contribution in [0.2, 0.25) is 0 Å². The molecule has 3 N–H and O–H groups in total. The number of aliphatic hydroxyl groups excluding tert-OH is 1. The predicted octanol–water partition coefficient (Wildman–Crippen LogP) is 2.55. The summed E-state index contributed by atoms with van der Waals surface area (Å²) in [5, 5.41) is 15.4. The summed E-state index contributed by atoms with van der Waals surface area (Å²) in [5.74, 6) is -2.03. The van der Waals surface area contributed by atoms with Gasteiger partial charge in [-0.05, 0) is 43.2 Å². The van der Waals surface area contributed by atoms with Gasteiger partial charge < -0.3 is 25.4 Å². The highest BCUT2D eigenvalue weighted by Gasteiger charge is 2.78. The van der Waals surface area contributed by atoms with E-state index in [4.69, 9.17) is 4.74 Å². The first kappa shape index (κ1) is 26.4. The first-order chi connectivity index (χ1) is 18.5. The van der Waals surface area contributed by atoms with Gasteiger partial charge in [0, 0.05) is 26.2 Å². The Morgan fingerprint density at radius 3 is 2.13 bits per heavy atom. The summed E-state index contributed by atoms with van der Waals surface area (Å²) < 4.78 is 6.77. The van der Waals surface area contributed by atoms with Crippen LogP contribution in [0, 0.1) is 11.8 Å². The third-order valence-electron chi connectivity index (χ3n) is 8.64. The Kier molecular flexibility index (Phi) is 7.54. The summed E-state index contributed by atoms with van der Waals surface area (Å²) in [7, 11) is 0. The number of hydrogen-bond donors (Lipinski definition) is 3. The number of amides is 3. The number of nitrogens with one attached hydrogen (secondary N) is 2. The van der Waals surface area contributed by atoms with Crippen molar-refractivity contribution in [1.29, 1.82) is 0 Å². The molecule has 0 radical (unpaired) electrons. The number of ether oxygens (including phenoxy) is 1. The van der Waals surface area contributed by atoms with Crippen molar-refractivity contribution in [2.45, 2.75) is 69.4 Å². The molecule has 0 saturated carbocycles. The number of nitrogens with zero attached hydrogens (tertiary/aromatic N) is 1. The van der Waals surface area contributed by atoms with Crippen molar-refractivity contribution in [1.82, 2.24) is 15.5 Å². The van der Waals surface area contributed by atoms with E-state index in [1.165, 1.54) is 0 Å². The average molecular weight is 520 g/mol. The number of aliphatic hydroxyl groups is 1. The molecule has 2 bridgehead atoms. The molecule has 3 aliphatic heterocycles. The fourth-order valence-electron chi connectivity index (χ4n) is 6.83. The van der Waals surface area contributed by atoms with Crippen molar-refractivity contribution in [3.05, 3.63) is 71.8 Å². The third kappa shape index (κ3) is 4.50. The van der Waals surface area contributed by atoms with Gasteiger partial charge in [0.15, 0.2) is 0 Å². The van der Waals surface area contributed by atoms with Gasteiger partial charge in [0.2, 0.25) is 17.7 Å². The summed E-state index contributed by atoms with van der Waals surface area (Å²) >= 11 is 0. The minimum Gasteiger partial charge on any atom is -0.396 e. The van der Waals surface area contributed by atoms with Crippen LogP contribution in [0.4, 0.5) is 0 Å². The van der Waals surface area contributed by atoms with E-state index >= 15 is 0 Å². The molecule has 5 rings (SSSR count). The number of benzene rings is 2. The summed E-state index contributed by atoms with van der Waals surface area (Å²) in [6.45, 7) is 3.05. The second kappa shape index (κ2) is 10.9. The molecular weight excluding hydrogens is 482 g/mol. The summed E-state index contributed by atoms with van der Waals surface area (Å²) in [6, 6.07) is 18.5. The van der Waals surface area contributed by atoms with Crippen molar-refractivity contribution in [2.75, 3.05) is 13.2 Å². The van der Waals surface area contributed by atoms with Crippen LogP contribution >= 0.6 is 0 Å². The van der Waals surface area contributed by atoms with Crippen LogP contribution in [0.15, 0.2) is 60.7 Å². The van der Waals surface area contributed by atoms with E-state index in [1.54, 1.807) is 4.90 Å². The van der Waals surface area contributed by atoms with E-state index in [0.717, 1.165) is 11.1 Å². The lowest BCUT2D eigenvalue weighted by Crippen LogP contribution is -2.55. The Hall–Kier alpha value is -3.23. The number of fused-ring (bicyclic) bond motifs is 1. The third-order valence-corrected chi connectivity index (χ3v) is 8.64. The fraction of sp³-hybridized carbons (Fsp3) is 0.500. The Labute approximate surface area is 223 Å². The molecule has 3 amide bonds. The second-order valence-corrected chi connectivity index (χ2v) is 10.7. The Morgan fingerprint density at radius 1 is 0.947 bits per heavy atom. The number of likely N-dealkylation sites (tertiary alicyclic amines) is 1. The molecule has 2 unspecified atom stereocenters. The van der Waals surface area contributed by atoms with E-state index in [0.29, 0.717) is 51.7 Å². The highest BCUT2D eigenvalue weighted by Crippen LogP contribution is 2.64. The van der Waals surface area contributed by atoms with Crippen molar-refractivity contribution < 1.29 is 24.2 Å². The maximum absolute atomic E-state index is 14.0. The lowest BCUT2D eigenvalue weighted by molar-refractivity contribution is -0.147. The van der Waals surface area contributed by atoms with E-state index in [9.17, 15) is 19.5 Å². The van der Waals surface area contributed by atoms with Crippen molar-refractivity contribution in [2.24, 2.45) is 11.8 Å². The van der Waals surface area contributed by atoms with Gasteiger partial charge in [-0.2, -0.15) is 0 Å². The smallest absolute Gasteiger partial charge is 0.246 e. The molecule has 8 nitrogen and oxygen atoms in total. The molecule has 8 heteroatoms.